The van der Waals surface area contributed by atoms with Gasteiger partial charge in [-0.1, -0.05) is 32.1 Å². The van der Waals surface area contributed by atoms with Crippen LogP contribution in [-0.4, -0.2) is 48.4 Å². The van der Waals surface area contributed by atoms with Crippen LogP contribution < -0.4 is 10.6 Å². The highest BCUT2D eigenvalue weighted by Gasteiger charge is 2.43. The molecule has 2 amide bonds. The minimum Gasteiger partial charge on any atom is -0.343 e. The summed E-state index contributed by atoms with van der Waals surface area (Å²) < 4.78 is 0. The predicted molar refractivity (Wildman–Crippen MR) is 70.3 cm³/mol. The molecule has 0 bridgehead atoms. The molecule has 0 spiro atoms. The Morgan fingerprint density at radius 3 is 2.79 bits per heavy atom. The lowest BCUT2D eigenvalue weighted by Gasteiger charge is -2.41. The number of rotatable bonds is 2. The lowest BCUT2D eigenvalue weighted by atomic mass is 9.84. The molecule has 106 valence electrons. The van der Waals surface area contributed by atoms with E-state index in [0.29, 0.717) is 12.5 Å². The fourth-order valence-electron chi connectivity index (χ4n) is 3.75. The molecule has 2 heterocycles. The molecule has 3 fully saturated rings. The first-order valence-electron chi connectivity index (χ1n) is 7.68. The molecule has 0 aromatic heterocycles. The molecule has 2 atom stereocenters. The lowest BCUT2D eigenvalue weighted by Crippen LogP contribution is -2.94. The second-order valence-electron chi connectivity index (χ2n) is 6.16. The molecule has 0 aromatic rings. The van der Waals surface area contributed by atoms with E-state index in [4.69, 9.17) is 0 Å². The minimum atomic E-state index is -0.259. The van der Waals surface area contributed by atoms with Gasteiger partial charge in [0.2, 0.25) is 11.8 Å². The summed E-state index contributed by atoms with van der Waals surface area (Å²) in [6.45, 7) is 2.36. The standard InChI is InChI=1S/C14H23N3O2/c18-13-12-9-15-6-7-17(12)14(19)11(16-13)8-10-4-2-1-3-5-10/h10-12,15H,1-9H2,(H,16,18)/p+1/t11-,12+/m0/s1. The van der Waals surface area contributed by atoms with Crippen molar-refractivity contribution >= 4 is 11.8 Å². The number of hydrogen-bond acceptors (Lipinski definition) is 2. The van der Waals surface area contributed by atoms with Crippen molar-refractivity contribution in [2.24, 2.45) is 5.92 Å². The first-order valence-corrected chi connectivity index (χ1v) is 7.68. The van der Waals surface area contributed by atoms with Gasteiger partial charge in [-0.15, -0.1) is 0 Å². The molecule has 1 saturated carbocycles. The van der Waals surface area contributed by atoms with E-state index in [9.17, 15) is 9.59 Å². The third kappa shape index (κ3) is 2.61. The van der Waals surface area contributed by atoms with Crippen LogP contribution in [0.3, 0.4) is 0 Å². The van der Waals surface area contributed by atoms with E-state index in [1.54, 1.807) is 0 Å². The summed E-state index contributed by atoms with van der Waals surface area (Å²) >= 11 is 0. The van der Waals surface area contributed by atoms with Crippen LogP contribution in [0.25, 0.3) is 0 Å². The zero-order valence-corrected chi connectivity index (χ0v) is 11.4. The number of amides is 2. The van der Waals surface area contributed by atoms with Crippen LogP contribution in [0.15, 0.2) is 0 Å². The molecular formula is C14H24N3O2+. The van der Waals surface area contributed by atoms with Gasteiger partial charge < -0.3 is 15.5 Å². The Morgan fingerprint density at radius 2 is 2.00 bits per heavy atom. The second kappa shape index (κ2) is 5.49. The maximum atomic E-state index is 12.5. The van der Waals surface area contributed by atoms with Gasteiger partial charge in [-0.05, 0) is 12.3 Å². The highest BCUT2D eigenvalue weighted by atomic mass is 16.2. The van der Waals surface area contributed by atoms with Crippen LogP contribution in [0.5, 0.6) is 0 Å². The van der Waals surface area contributed by atoms with E-state index in [2.05, 4.69) is 10.6 Å². The normalized spacial score (nSPS) is 32.9. The summed E-state index contributed by atoms with van der Waals surface area (Å²) in [7, 11) is 0. The van der Waals surface area contributed by atoms with E-state index in [0.717, 1.165) is 19.5 Å². The number of nitrogens with one attached hydrogen (secondary N) is 1. The zero-order valence-electron chi connectivity index (χ0n) is 11.4. The number of piperazine rings is 2. The summed E-state index contributed by atoms with van der Waals surface area (Å²) in [6.07, 6.45) is 7.17. The maximum absolute atomic E-state index is 12.5. The van der Waals surface area contributed by atoms with Gasteiger partial charge in [0, 0.05) is 0 Å². The average Bonchev–Trinajstić information content (AvgIpc) is 2.46. The van der Waals surface area contributed by atoms with Crippen LogP contribution >= 0.6 is 0 Å². The van der Waals surface area contributed by atoms with Crippen LogP contribution in [-0.2, 0) is 9.59 Å². The number of fused-ring (bicyclic) bond motifs is 1. The number of carbonyl (C=O) groups excluding carboxylic acids is 2. The molecule has 1 aliphatic carbocycles. The third-order valence-electron chi connectivity index (χ3n) is 4.83. The summed E-state index contributed by atoms with van der Waals surface area (Å²) in [5.41, 5.74) is 0. The second-order valence-corrected chi connectivity index (χ2v) is 6.16. The molecule has 0 radical (unpaired) electrons. The lowest BCUT2D eigenvalue weighted by molar-refractivity contribution is -0.665. The fraction of sp³-hybridized carbons (Fsp3) is 0.857. The van der Waals surface area contributed by atoms with E-state index < -0.39 is 0 Å². The van der Waals surface area contributed by atoms with Crippen molar-refractivity contribution in [2.75, 3.05) is 19.6 Å². The third-order valence-corrected chi connectivity index (χ3v) is 4.83. The number of quaternary nitrogens is 1. The van der Waals surface area contributed by atoms with Crippen molar-refractivity contribution in [3.05, 3.63) is 0 Å². The van der Waals surface area contributed by atoms with Gasteiger partial charge >= 0.3 is 0 Å². The number of nitrogens with two attached hydrogens (primary N) is 1. The predicted octanol–water partition coefficient (Wildman–Crippen LogP) is -0.771. The van der Waals surface area contributed by atoms with Crippen LogP contribution in [0.1, 0.15) is 38.5 Å². The van der Waals surface area contributed by atoms with Crippen molar-refractivity contribution in [1.82, 2.24) is 10.2 Å². The van der Waals surface area contributed by atoms with Crippen molar-refractivity contribution in [1.29, 1.82) is 0 Å². The molecule has 3 rings (SSSR count). The molecule has 19 heavy (non-hydrogen) atoms. The minimum absolute atomic E-state index is 0.0522. The molecule has 2 saturated heterocycles. The Hall–Kier alpha value is -1.10. The first kappa shape index (κ1) is 12.9. The van der Waals surface area contributed by atoms with E-state index in [-0.39, 0.29) is 23.9 Å². The van der Waals surface area contributed by atoms with E-state index in [1.807, 2.05) is 4.90 Å². The van der Waals surface area contributed by atoms with Crippen LogP contribution in [0, 0.1) is 5.92 Å². The monoisotopic (exact) mass is 266 g/mol. The zero-order chi connectivity index (χ0) is 13.2. The summed E-state index contributed by atoms with van der Waals surface area (Å²) in [5.74, 6) is 0.829. The van der Waals surface area contributed by atoms with Crippen LogP contribution in [0.2, 0.25) is 0 Å². The molecule has 3 aliphatic rings. The van der Waals surface area contributed by atoms with Crippen molar-refractivity contribution in [3.63, 3.8) is 0 Å². The Morgan fingerprint density at radius 1 is 1.21 bits per heavy atom. The Kier molecular flexibility index (Phi) is 3.73. The number of hydrogen-bond donors (Lipinski definition) is 2. The molecule has 5 nitrogen and oxygen atoms in total. The Labute approximate surface area is 114 Å². The van der Waals surface area contributed by atoms with Crippen molar-refractivity contribution in [3.8, 4) is 0 Å². The number of nitrogens with zero attached hydrogens (tertiary/aromatic N) is 1. The van der Waals surface area contributed by atoms with Crippen molar-refractivity contribution in [2.45, 2.75) is 50.6 Å². The van der Waals surface area contributed by atoms with Gasteiger partial charge in [-0.2, -0.15) is 0 Å². The van der Waals surface area contributed by atoms with Gasteiger partial charge in [0.25, 0.3) is 0 Å². The molecule has 3 N–H and O–H groups in total. The van der Waals surface area contributed by atoms with Gasteiger partial charge in [0.05, 0.1) is 13.1 Å². The van der Waals surface area contributed by atoms with E-state index >= 15 is 0 Å². The SMILES string of the molecule is O=C1N[C@@H](CC2CCCCC2)C(=O)N2CC[NH2+]C[C@H]12. The Bertz CT molecular complexity index is 366. The smallest absolute Gasteiger partial charge is 0.249 e. The average molecular weight is 266 g/mol. The number of carbonyl (C=O) groups is 2. The largest absolute Gasteiger partial charge is 0.343 e. The Balaban J connectivity index is 1.65. The fourth-order valence-corrected chi connectivity index (χ4v) is 3.75. The molecule has 0 aromatic carbocycles. The quantitative estimate of drug-likeness (QED) is 0.689. The maximum Gasteiger partial charge on any atom is 0.249 e. The summed E-state index contributed by atoms with van der Waals surface area (Å²) in [4.78, 5) is 26.4. The van der Waals surface area contributed by atoms with Crippen LogP contribution in [0.4, 0.5) is 0 Å². The van der Waals surface area contributed by atoms with Gasteiger partial charge in [0.1, 0.15) is 12.6 Å². The topological polar surface area (TPSA) is 66.0 Å². The molecular weight excluding hydrogens is 242 g/mol. The highest BCUT2D eigenvalue weighted by Crippen LogP contribution is 2.28. The van der Waals surface area contributed by atoms with Crippen molar-refractivity contribution < 1.29 is 14.9 Å². The van der Waals surface area contributed by atoms with Gasteiger partial charge in [0.15, 0.2) is 6.04 Å². The molecule has 0 unspecified atom stereocenters. The van der Waals surface area contributed by atoms with E-state index in [1.165, 1.54) is 32.1 Å². The highest BCUT2D eigenvalue weighted by molar-refractivity contribution is 5.97. The summed E-state index contributed by atoms with van der Waals surface area (Å²) in [6, 6.07) is -0.492. The van der Waals surface area contributed by atoms with Gasteiger partial charge in [-0.3, -0.25) is 9.59 Å². The summed E-state index contributed by atoms with van der Waals surface area (Å²) in [5, 5.41) is 5.08. The molecule has 5 heteroatoms. The first-order chi connectivity index (χ1) is 9.25. The molecule has 2 aliphatic heterocycles. The van der Waals surface area contributed by atoms with Gasteiger partial charge in [-0.25, -0.2) is 0 Å².